The van der Waals surface area contributed by atoms with Crippen molar-refractivity contribution in [3.63, 3.8) is 0 Å². The summed E-state index contributed by atoms with van der Waals surface area (Å²) in [5.74, 6) is -0.386. The number of carbonyl (C=O) groups excluding carboxylic acids is 1. The van der Waals surface area contributed by atoms with Crippen molar-refractivity contribution in [1.82, 2.24) is 10.2 Å². The maximum absolute atomic E-state index is 12.1. The van der Waals surface area contributed by atoms with Gasteiger partial charge in [-0.2, -0.15) is 0 Å². The zero-order valence-corrected chi connectivity index (χ0v) is 12.7. The van der Waals surface area contributed by atoms with E-state index in [4.69, 9.17) is 10.5 Å². The van der Waals surface area contributed by atoms with Gasteiger partial charge in [0.25, 0.3) is 0 Å². The molecule has 0 heterocycles. The first-order valence-electron chi connectivity index (χ1n) is 6.71. The van der Waals surface area contributed by atoms with Crippen molar-refractivity contribution in [2.45, 2.75) is 18.5 Å². The second kappa shape index (κ2) is 7.38. The molecule has 1 rings (SSSR count). The molecular formula is C15H25N3O2. The summed E-state index contributed by atoms with van der Waals surface area (Å²) in [6.45, 7) is 3.13. The fourth-order valence-corrected chi connectivity index (χ4v) is 2.28. The number of nitrogens with zero attached hydrogens (tertiary/aromatic N) is 1. The molecule has 0 aromatic heterocycles. The van der Waals surface area contributed by atoms with Crippen LogP contribution in [0.15, 0.2) is 30.3 Å². The Balaban J connectivity index is 3.04. The van der Waals surface area contributed by atoms with Crippen LogP contribution in [0.2, 0.25) is 0 Å². The van der Waals surface area contributed by atoms with Crippen LogP contribution in [0.4, 0.5) is 0 Å². The highest BCUT2D eigenvalue weighted by Gasteiger charge is 2.38. The molecule has 5 heteroatoms. The van der Waals surface area contributed by atoms with Crippen molar-refractivity contribution in [1.29, 1.82) is 0 Å². The molecule has 0 aliphatic carbocycles. The van der Waals surface area contributed by atoms with E-state index in [9.17, 15) is 4.79 Å². The highest BCUT2D eigenvalue weighted by atomic mass is 16.5. The number of likely N-dealkylation sites (N-methyl/N-ethyl adjacent to an activating group) is 2. The third kappa shape index (κ3) is 3.56. The lowest BCUT2D eigenvalue weighted by Gasteiger charge is -2.37. The normalized spacial score (nSPS) is 15.8. The van der Waals surface area contributed by atoms with Crippen LogP contribution in [0.5, 0.6) is 0 Å². The number of hydrogen-bond donors (Lipinski definition) is 2. The van der Waals surface area contributed by atoms with Crippen LogP contribution in [0.1, 0.15) is 12.5 Å². The summed E-state index contributed by atoms with van der Waals surface area (Å²) in [7, 11) is 5.38. The van der Waals surface area contributed by atoms with Crippen LogP contribution < -0.4 is 11.1 Å². The number of carbonyl (C=O) groups is 1. The number of methoxy groups -OCH3 is 1. The number of ether oxygens (including phenoxy) is 1. The smallest absolute Gasteiger partial charge is 0.243 e. The lowest BCUT2D eigenvalue weighted by molar-refractivity contribution is -0.125. The zero-order valence-electron chi connectivity index (χ0n) is 12.7. The fraction of sp³-hybridized carbons (Fsp3) is 0.533. The van der Waals surface area contributed by atoms with Crippen LogP contribution in [0, 0.1) is 0 Å². The van der Waals surface area contributed by atoms with Crippen LogP contribution in [-0.4, -0.2) is 51.2 Å². The predicted octanol–water partition coefficient (Wildman–Crippen LogP) is 0.553. The van der Waals surface area contributed by atoms with Gasteiger partial charge in [-0.05, 0) is 26.6 Å². The van der Waals surface area contributed by atoms with Gasteiger partial charge in [0.2, 0.25) is 5.91 Å². The molecule has 0 aliphatic rings. The third-order valence-electron chi connectivity index (χ3n) is 3.76. The summed E-state index contributed by atoms with van der Waals surface area (Å²) in [5.41, 5.74) is 5.64. The first kappa shape index (κ1) is 16.6. The number of nitrogens with one attached hydrogen (secondary N) is 1. The number of nitrogens with two attached hydrogens (primary N) is 1. The molecule has 20 heavy (non-hydrogen) atoms. The molecular weight excluding hydrogens is 254 g/mol. The summed E-state index contributed by atoms with van der Waals surface area (Å²) in [5, 5.41) is 3.10. The van der Waals surface area contributed by atoms with E-state index in [0.717, 1.165) is 5.56 Å². The van der Waals surface area contributed by atoms with Gasteiger partial charge in [0.05, 0.1) is 6.61 Å². The highest BCUT2D eigenvalue weighted by molar-refractivity contribution is 5.86. The fourth-order valence-electron chi connectivity index (χ4n) is 2.28. The summed E-state index contributed by atoms with van der Waals surface area (Å²) >= 11 is 0. The quantitative estimate of drug-likeness (QED) is 0.729. The van der Waals surface area contributed by atoms with Gasteiger partial charge in [-0.1, -0.05) is 30.3 Å². The topological polar surface area (TPSA) is 67.6 Å². The Morgan fingerprint density at radius 3 is 2.50 bits per heavy atom. The number of primary amides is 1. The van der Waals surface area contributed by atoms with E-state index in [1.165, 1.54) is 0 Å². The van der Waals surface area contributed by atoms with Crippen molar-refractivity contribution in [3.05, 3.63) is 35.9 Å². The summed E-state index contributed by atoms with van der Waals surface area (Å²) < 4.78 is 5.16. The molecule has 3 N–H and O–H groups in total. The van der Waals surface area contributed by atoms with E-state index < -0.39 is 5.54 Å². The van der Waals surface area contributed by atoms with Gasteiger partial charge in [0.1, 0.15) is 5.54 Å². The van der Waals surface area contributed by atoms with Crippen molar-refractivity contribution in [2.24, 2.45) is 5.73 Å². The molecule has 0 aliphatic heterocycles. The van der Waals surface area contributed by atoms with E-state index in [2.05, 4.69) is 17.1 Å². The van der Waals surface area contributed by atoms with Crippen LogP contribution in [0.25, 0.3) is 0 Å². The Morgan fingerprint density at radius 2 is 2.05 bits per heavy atom. The number of rotatable bonds is 8. The highest BCUT2D eigenvalue weighted by Crippen LogP contribution is 2.22. The molecule has 0 saturated carbocycles. The molecule has 2 unspecified atom stereocenters. The van der Waals surface area contributed by atoms with Crippen molar-refractivity contribution >= 4 is 5.91 Å². The molecule has 112 valence electrons. The van der Waals surface area contributed by atoms with Crippen LogP contribution in [0.3, 0.4) is 0 Å². The van der Waals surface area contributed by atoms with Crippen LogP contribution >= 0.6 is 0 Å². The molecule has 1 amide bonds. The monoisotopic (exact) mass is 279 g/mol. The Morgan fingerprint density at radius 1 is 1.45 bits per heavy atom. The Labute approximate surface area is 121 Å². The largest absolute Gasteiger partial charge is 0.383 e. The Bertz CT molecular complexity index is 424. The van der Waals surface area contributed by atoms with Gasteiger partial charge in [0.15, 0.2) is 0 Å². The van der Waals surface area contributed by atoms with E-state index in [-0.39, 0.29) is 11.9 Å². The maximum atomic E-state index is 12.1. The van der Waals surface area contributed by atoms with E-state index in [1.807, 2.05) is 37.4 Å². The standard InChI is InChI=1S/C15H25N3O2/c1-12(10-20-4)18(3)11-15(17-2,14(16)19)13-8-6-5-7-9-13/h5-9,12,17H,10-11H2,1-4H3,(H2,16,19). The third-order valence-corrected chi connectivity index (χ3v) is 3.76. The number of benzene rings is 1. The van der Waals surface area contributed by atoms with E-state index in [0.29, 0.717) is 13.2 Å². The van der Waals surface area contributed by atoms with Crippen LogP contribution in [-0.2, 0) is 15.1 Å². The Hall–Kier alpha value is -1.43. The van der Waals surface area contributed by atoms with Crippen molar-refractivity contribution < 1.29 is 9.53 Å². The van der Waals surface area contributed by atoms with Gasteiger partial charge in [0, 0.05) is 19.7 Å². The predicted molar refractivity (Wildman–Crippen MR) is 80.3 cm³/mol. The molecule has 1 aromatic rings. The minimum Gasteiger partial charge on any atom is -0.383 e. The average molecular weight is 279 g/mol. The van der Waals surface area contributed by atoms with Gasteiger partial charge in [-0.25, -0.2) is 0 Å². The van der Waals surface area contributed by atoms with E-state index in [1.54, 1.807) is 14.2 Å². The zero-order chi connectivity index (χ0) is 15.2. The SMILES string of the molecule is CNC(CN(C)C(C)COC)(C(N)=O)c1ccccc1. The summed E-state index contributed by atoms with van der Waals surface area (Å²) in [6.07, 6.45) is 0. The van der Waals surface area contributed by atoms with Gasteiger partial charge < -0.3 is 15.8 Å². The molecule has 5 nitrogen and oxygen atoms in total. The summed E-state index contributed by atoms with van der Waals surface area (Å²) in [6, 6.07) is 9.75. The molecule has 1 aromatic carbocycles. The first-order valence-corrected chi connectivity index (χ1v) is 6.71. The molecule has 0 fully saturated rings. The molecule has 0 bridgehead atoms. The minimum absolute atomic E-state index is 0.191. The van der Waals surface area contributed by atoms with Gasteiger partial charge >= 0.3 is 0 Å². The lowest BCUT2D eigenvalue weighted by Crippen LogP contribution is -2.58. The molecule has 0 spiro atoms. The molecule has 2 atom stereocenters. The maximum Gasteiger partial charge on any atom is 0.243 e. The second-order valence-corrected chi connectivity index (χ2v) is 5.11. The molecule has 0 saturated heterocycles. The van der Waals surface area contributed by atoms with Crippen molar-refractivity contribution in [3.8, 4) is 0 Å². The number of hydrogen-bond acceptors (Lipinski definition) is 4. The minimum atomic E-state index is -0.905. The molecule has 0 radical (unpaired) electrons. The van der Waals surface area contributed by atoms with E-state index >= 15 is 0 Å². The van der Waals surface area contributed by atoms with Gasteiger partial charge in [-0.3, -0.25) is 9.69 Å². The van der Waals surface area contributed by atoms with Crippen molar-refractivity contribution in [2.75, 3.05) is 34.4 Å². The number of amides is 1. The second-order valence-electron chi connectivity index (χ2n) is 5.11. The summed E-state index contributed by atoms with van der Waals surface area (Å²) in [4.78, 5) is 14.1. The average Bonchev–Trinajstić information content (AvgIpc) is 2.45. The lowest BCUT2D eigenvalue weighted by atomic mass is 9.88. The van der Waals surface area contributed by atoms with Gasteiger partial charge in [-0.15, -0.1) is 0 Å². The first-order chi connectivity index (χ1) is 9.47. The Kier molecular flexibility index (Phi) is 6.13.